The van der Waals surface area contributed by atoms with E-state index >= 15 is 0 Å². The molecule has 1 aromatic carbocycles. The van der Waals surface area contributed by atoms with Crippen molar-refractivity contribution in [2.45, 2.75) is 11.6 Å². The topological polar surface area (TPSA) is 184 Å². The Hall–Kier alpha value is -2.88. The van der Waals surface area contributed by atoms with E-state index in [1.54, 1.807) is 6.07 Å². The summed E-state index contributed by atoms with van der Waals surface area (Å²) in [5.41, 5.74) is 0.597. The molecule has 1 aliphatic heterocycles. The molecule has 0 saturated heterocycles. The van der Waals surface area contributed by atoms with Crippen LogP contribution in [0.1, 0.15) is 5.56 Å². The zero-order valence-electron chi connectivity index (χ0n) is 14.8. The highest BCUT2D eigenvalue weighted by Gasteiger charge is 2.29. The van der Waals surface area contributed by atoms with E-state index in [-0.39, 0.29) is 18.0 Å². The lowest BCUT2D eigenvalue weighted by Crippen LogP contribution is -2.28. The SMILES string of the molecule is CS(=O)(=O)Nc1cc(NC(=O)O)cnc1S(=O)(=O)Nc1ccc2c(c1)B(O)OC2. The molecule has 2 heterocycles. The van der Waals surface area contributed by atoms with Gasteiger partial charge in [-0.3, -0.25) is 14.8 Å². The lowest BCUT2D eigenvalue weighted by molar-refractivity contribution is 0.209. The van der Waals surface area contributed by atoms with Gasteiger partial charge in [-0.15, -0.1) is 0 Å². The fourth-order valence-corrected chi connectivity index (χ4v) is 4.36. The minimum Gasteiger partial charge on any atom is -0.465 e. The van der Waals surface area contributed by atoms with Gasteiger partial charge < -0.3 is 14.8 Å². The molecule has 12 nitrogen and oxygen atoms in total. The largest absolute Gasteiger partial charge is 0.491 e. The second kappa shape index (κ2) is 7.51. The smallest absolute Gasteiger partial charge is 0.465 e. The molecule has 0 unspecified atom stereocenters. The Morgan fingerprint density at radius 2 is 1.90 bits per heavy atom. The average molecular weight is 442 g/mol. The van der Waals surface area contributed by atoms with Crippen LogP contribution in [0.25, 0.3) is 0 Å². The molecule has 1 amide bonds. The summed E-state index contributed by atoms with van der Waals surface area (Å²) in [6.45, 7) is 0.186. The van der Waals surface area contributed by atoms with Crippen LogP contribution in [0.2, 0.25) is 0 Å². The maximum Gasteiger partial charge on any atom is 0.491 e. The molecule has 0 spiro atoms. The third-order valence-corrected chi connectivity index (χ3v) is 5.64. The van der Waals surface area contributed by atoms with Crippen molar-refractivity contribution >= 4 is 55.8 Å². The number of aromatic nitrogens is 1. The molecule has 15 heteroatoms. The zero-order valence-corrected chi connectivity index (χ0v) is 16.4. The van der Waals surface area contributed by atoms with Crippen LogP contribution in [-0.2, 0) is 31.3 Å². The molecule has 0 saturated carbocycles. The number of carboxylic acid groups (broad SMARTS) is 1. The van der Waals surface area contributed by atoms with Crippen LogP contribution in [0.4, 0.5) is 21.9 Å². The standard InChI is InChI=1S/C14H15BN4O8S2/c1-28(23,24)19-12-5-10(17-14(20)21)6-16-13(12)29(25,26)18-9-3-2-8-7-27-15(22)11(8)4-9/h2-6,17-19,22H,7H2,1H3,(H,20,21). The van der Waals surface area contributed by atoms with Gasteiger partial charge in [0.25, 0.3) is 10.0 Å². The van der Waals surface area contributed by atoms with E-state index in [2.05, 4.69) is 9.71 Å². The van der Waals surface area contributed by atoms with Crippen LogP contribution >= 0.6 is 0 Å². The van der Waals surface area contributed by atoms with Gasteiger partial charge in [0.05, 0.1) is 30.4 Å². The summed E-state index contributed by atoms with van der Waals surface area (Å²) in [7, 11) is -9.47. The van der Waals surface area contributed by atoms with Gasteiger partial charge in [-0.05, 0) is 29.2 Å². The number of benzene rings is 1. The van der Waals surface area contributed by atoms with E-state index in [0.717, 1.165) is 18.5 Å². The first-order chi connectivity index (χ1) is 13.4. The highest BCUT2D eigenvalue weighted by molar-refractivity contribution is 7.93. The van der Waals surface area contributed by atoms with Crippen molar-refractivity contribution in [2.24, 2.45) is 0 Å². The molecule has 1 aromatic heterocycles. The van der Waals surface area contributed by atoms with E-state index in [9.17, 15) is 26.7 Å². The quantitative estimate of drug-likeness (QED) is 0.370. The molecule has 0 atom stereocenters. The average Bonchev–Trinajstić information content (AvgIpc) is 2.93. The maximum atomic E-state index is 12.8. The van der Waals surface area contributed by atoms with Gasteiger partial charge >= 0.3 is 13.2 Å². The second-order valence-electron chi connectivity index (χ2n) is 6.06. The Bertz CT molecular complexity index is 1190. The first kappa shape index (κ1) is 20.8. The van der Waals surface area contributed by atoms with Gasteiger partial charge in [0.1, 0.15) is 0 Å². The predicted molar refractivity (Wildman–Crippen MR) is 104 cm³/mol. The summed E-state index contributed by atoms with van der Waals surface area (Å²) >= 11 is 0. The number of nitrogens with zero attached hydrogens (tertiary/aromatic N) is 1. The van der Waals surface area contributed by atoms with Crippen LogP contribution in [0.3, 0.4) is 0 Å². The highest BCUT2D eigenvalue weighted by atomic mass is 32.2. The van der Waals surface area contributed by atoms with Crippen molar-refractivity contribution in [3.8, 4) is 0 Å². The summed E-state index contributed by atoms with van der Waals surface area (Å²) in [6.07, 6.45) is 0.289. The number of carbonyl (C=O) groups is 1. The van der Waals surface area contributed by atoms with Crippen molar-refractivity contribution in [3.63, 3.8) is 0 Å². The summed E-state index contributed by atoms with van der Waals surface area (Å²) < 4.78 is 58.1. The number of hydrogen-bond donors (Lipinski definition) is 5. The number of fused-ring (bicyclic) bond motifs is 1. The van der Waals surface area contributed by atoms with Gasteiger partial charge in [0.15, 0.2) is 5.03 Å². The first-order valence-electron chi connectivity index (χ1n) is 7.88. The van der Waals surface area contributed by atoms with Crippen molar-refractivity contribution in [1.82, 2.24) is 4.98 Å². The van der Waals surface area contributed by atoms with Crippen LogP contribution in [0.5, 0.6) is 0 Å². The van der Waals surface area contributed by atoms with Crippen LogP contribution in [0, 0.1) is 0 Å². The summed E-state index contributed by atoms with van der Waals surface area (Å²) in [6, 6.07) is 5.39. The lowest BCUT2D eigenvalue weighted by Gasteiger charge is -2.14. The van der Waals surface area contributed by atoms with Crippen LogP contribution < -0.4 is 20.2 Å². The molecular weight excluding hydrogens is 427 g/mol. The van der Waals surface area contributed by atoms with Gasteiger partial charge in [0.2, 0.25) is 10.0 Å². The number of hydrogen-bond acceptors (Lipinski definition) is 8. The summed E-state index contributed by atoms with van der Waals surface area (Å²) in [4.78, 5) is 14.5. The van der Waals surface area contributed by atoms with E-state index in [1.165, 1.54) is 12.1 Å². The molecule has 0 fully saturated rings. The normalized spacial score (nSPS) is 13.7. The highest BCUT2D eigenvalue weighted by Crippen LogP contribution is 2.26. The van der Waals surface area contributed by atoms with E-state index in [1.807, 2.05) is 10.0 Å². The van der Waals surface area contributed by atoms with Crippen molar-refractivity contribution in [2.75, 3.05) is 21.0 Å². The molecule has 3 rings (SSSR count). The third kappa shape index (κ3) is 4.95. The van der Waals surface area contributed by atoms with Gasteiger partial charge in [0, 0.05) is 5.69 Å². The molecule has 29 heavy (non-hydrogen) atoms. The molecule has 1 aliphatic rings. The fraction of sp³-hybridized carbons (Fsp3) is 0.143. The lowest BCUT2D eigenvalue weighted by atomic mass is 9.79. The van der Waals surface area contributed by atoms with E-state index < -0.39 is 44.0 Å². The zero-order chi connectivity index (χ0) is 21.4. The number of pyridine rings is 1. The van der Waals surface area contributed by atoms with Crippen molar-refractivity contribution < 1.29 is 36.4 Å². The summed E-state index contributed by atoms with van der Waals surface area (Å²) in [5.74, 6) is 0. The molecule has 2 aromatic rings. The number of nitrogens with one attached hydrogen (secondary N) is 3. The number of sulfonamides is 2. The fourth-order valence-electron chi connectivity index (χ4n) is 2.61. The molecule has 0 bridgehead atoms. The van der Waals surface area contributed by atoms with E-state index in [0.29, 0.717) is 11.0 Å². The molecule has 154 valence electrons. The first-order valence-corrected chi connectivity index (χ1v) is 11.3. The third-order valence-electron chi connectivity index (χ3n) is 3.71. The Balaban J connectivity index is 1.99. The monoisotopic (exact) mass is 442 g/mol. The number of amides is 1. The van der Waals surface area contributed by atoms with Crippen molar-refractivity contribution in [1.29, 1.82) is 0 Å². The Kier molecular flexibility index (Phi) is 5.40. The predicted octanol–water partition coefficient (Wildman–Crippen LogP) is -0.439. The molecule has 5 N–H and O–H groups in total. The van der Waals surface area contributed by atoms with Gasteiger partial charge in [-0.25, -0.2) is 18.2 Å². The van der Waals surface area contributed by atoms with Gasteiger partial charge in [-0.2, -0.15) is 8.42 Å². The summed E-state index contributed by atoms with van der Waals surface area (Å²) in [5, 5.41) is 19.8. The minimum atomic E-state index is -4.38. The van der Waals surface area contributed by atoms with Crippen LogP contribution in [-0.4, -0.2) is 51.4 Å². The maximum absolute atomic E-state index is 12.8. The van der Waals surface area contributed by atoms with Crippen LogP contribution in [0.15, 0.2) is 35.5 Å². The number of anilines is 3. The van der Waals surface area contributed by atoms with Crippen molar-refractivity contribution in [3.05, 3.63) is 36.0 Å². The minimum absolute atomic E-state index is 0.0909. The molecule has 0 radical (unpaired) electrons. The molecular formula is C14H15BN4O8S2. The Morgan fingerprint density at radius 3 is 2.55 bits per heavy atom. The Labute approximate surface area is 166 Å². The molecule has 0 aliphatic carbocycles. The number of rotatable bonds is 6. The van der Waals surface area contributed by atoms with Gasteiger partial charge in [-0.1, -0.05) is 6.07 Å². The second-order valence-corrected chi connectivity index (χ2v) is 9.41. The Morgan fingerprint density at radius 1 is 1.17 bits per heavy atom. The van der Waals surface area contributed by atoms with E-state index in [4.69, 9.17) is 9.76 Å².